The number of carbonyl (C=O) groups excluding carboxylic acids is 3. The highest BCUT2D eigenvalue weighted by molar-refractivity contribution is 5.73. The van der Waals surface area contributed by atoms with Crippen LogP contribution in [0.4, 0.5) is 0 Å². The molecule has 51 heavy (non-hydrogen) atoms. The summed E-state index contributed by atoms with van der Waals surface area (Å²) in [4.78, 5) is 35.6. The average Bonchev–Trinajstić information content (AvgIpc) is 3.39. The molecule has 17 nitrogen and oxygen atoms in total. The van der Waals surface area contributed by atoms with Crippen molar-refractivity contribution in [3.63, 3.8) is 0 Å². The van der Waals surface area contributed by atoms with Gasteiger partial charge in [0.1, 0.15) is 36.6 Å². The molecule has 0 spiro atoms. The number of hydrogen-bond donors (Lipinski definition) is 9. The molecule has 0 aromatic rings. The number of nitrogens with one attached hydrogen (secondary N) is 2. The maximum Gasteiger partial charge on any atom is 0.217 e. The zero-order valence-corrected chi connectivity index (χ0v) is 30.4. The number of hydrogen-bond acceptors (Lipinski definition) is 15. The van der Waals surface area contributed by atoms with E-state index in [1.807, 2.05) is 13.8 Å². The molecule has 3 aliphatic heterocycles. The molecule has 17 heteroatoms. The van der Waals surface area contributed by atoms with Gasteiger partial charge >= 0.3 is 0 Å². The number of amides is 2. The Morgan fingerprint density at radius 3 is 1.63 bits per heavy atom. The molecule has 0 radical (unpaired) electrons. The second-order valence-electron chi connectivity index (χ2n) is 14.7. The van der Waals surface area contributed by atoms with Crippen molar-refractivity contribution in [3.05, 3.63) is 0 Å². The molecule has 8 unspecified atom stereocenters. The predicted octanol–water partition coefficient (Wildman–Crippen LogP) is -2.70. The zero-order valence-electron chi connectivity index (χ0n) is 30.4. The molecule has 3 saturated heterocycles. The summed E-state index contributed by atoms with van der Waals surface area (Å²) in [6.07, 6.45) is -9.28. The van der Waals surface area contributed by atoms with Gasteiger partial charge in [-0.05, 0) is 39.5 Å². The van der Waals surface area contributed by atoms with Crippen molar-refractivity contribution < 1.29 is 73.8 Å². The first kappa shape index (κ1) is 43.5. The molecule has 3 fully saturated rings. The summed E-state index contributed by atoms with van der Waals surface area (Å²) in [7, 11) is 0. The van der Waals surface area contributed by atoms with Gasteiger partial charge in [0, 0.05) is 25.7 Å². The van der Waals surface area contributed by atoms with Gasteiger partial charge < -0.3 is 74.9 Å². The Hall–Kier alpha value is -1.87. The summed E-state index contributed by atoms with van der Waals surface area (Å²) in [5.41, 5.74) is -1.88. The van der Waals surface area contributed by atoms with Crippen LogP contribution in [0.25, 0.3) is 0 Å². The highest BCUT2D eigenvalue weighted by atomic mass is 16.6. The fourth-order valence-electron chi connectivity index (χ4n) is 7.67. The van der Waals surface area contributed by atoms with E-state index in [0.717, 1.165) is 0 Å². The normalized spacial score (nSPS) is 37.6. The van der Waals surface area contributed by atoms with E-state index in [4.69, 9.17) is 23.7 Å². The largest absolute Gasteiger partial charge is 0.394 e. The molecule has 296 valence electrons. The monoisotopic (exact) mass is 736 g/mol. The van der Waals surface area contributed by atoms with E-state index in [9.17, 15) is 50.1 Å². The highest BCUT2D eigenvalue weighted by Crippen LogP contribution is 2.39. The molecule has 3 aliphatic rings. The van der Waals surface area contributed by atoms with Crippen molar-refractivity contribution in [1.29, 1.82) is 0 Å². The second kappa shape index (κ2) is 18.9. The summed E-state index contributed by atoms with van der Waals surface area (Å²) < 4.78 is 30.3. The minimum Gasteiger partial charge on any atom is -0.394 e. The van der Waals surface area contributed by atoms with Gasteiger partial charge in [-0.2, -0.15) is 0 Å². The molecular weight excluding hydrogens is 676 g/mol. The third-order valence-corrected chi connectivity index (χ3v) is 10.7. The van der Waals surface area contributed by atoms with Crippen LogP contribution in [0.3, 0.4) is 0 Å². The number of rotatable bonds is 18. The van der Waals surface area contributed by atoms with Crippen molar-refractivity contribution in [2.24, 2.45) is 11.8 Å². The molecule has 0 saturated carbocycles. The van der Waals surface area contributed by atoms with Gasteiger partial charge in [-0.15, -0.1) is 0 Å². The first-order chi connectivity index (χ1) is 24.0. The molecule has 0 aromatic carbocycles. The van der Waals surface area contributed by atoms with Gasteiger partial charge in [-0.1, -0.05) is 13.8 Å². The Bertz CT molecular complexity index is 1130. The maximum absolute atomic E-state index is 12.4. The van der Waals surface area contributed by atoms with Crippen molar-refractivity contribution in [1.82, 2.24) is 10.6 Å². The Balaban J connectivity index is 1.78. The van der Waals surface area contributed by atoms with Gasteiger partial charge in [0.25, 0.3) is 0 Å². The van der Waals surface area contributed by atoms with Gasteiger partial charge in [0.2, 0.25) is 11.8 Å². The molecule has 9 N–H and O–H groups in total. The zero-order chi connectivity index (χ0) is 38.3. The van der Waals surface area contributed by atoms with E-state index < -0.39 is 128 Å². The quantitative estimate of drug-likeness (QED) is 0.0649. The van der Waals surface area contributed by atoms with Crippen LogP contribution < -0.4 is 10.6 Å². The van der Waals surface area contributed by atoms with Crippen molar-refractivity contribution in [3.8, 4) is 0 Å². The van der Waals surface area contributed by atoms with Gasteiger partial charge in [0.15, 0.2) is 6.29 Å². The lowest BCUT2D eigenvalue weighted by Crippen LogP contribution is -2.65. The number of aldehydes is 1. The summed E-state index contributed by atoms with van der Waals surface area (Å²) in [5, 5.41) is 78.9. The van der Waals surface area contributed by atoms with Crippen LogP contribution >= 0.6 is 0 Å². The third-order valence-electron chi connectivity index (χ3n) is 10.7. The van der Waals surface area contributed by atoms with E-state index in [-0.39, 0.29) is 26.1 Å². The van der Waals surface area contributed by atoms with Crippen LogP contribution in [0.5, 0.6) is 0 Å². The fraction of sp³-hybridized carbons (Fsp3) is 0.912. The first-order valence-electron chi connectivity index (χ1n) is 17.8. The van der Waals surface area contributed by atoms with E-state index in [0.29, 0.717) is 19.1 Å². The Labute approximate surface area is 298 Å². The molecule has 3 heterocycles. The van der Waals surface area contributed by atoms with E-state index in [1.165, 1.54) is 13.8 Å². The fourth-order valence-corrected chi connectivity index (χ4v) is 7.67. The molecule has 2 amide bonds. The Kier molecular flexibility index (Phi) is 16.2. The van der Waals surface area contributed by atoms with Crippen molar-refractivity contribution >= 4 is 18.1 Å². The highest BCUT2D eigenvalue weighted by Gasteiger charge is 2.51. The lowest BCUT2D eigenvalue weighted by atomic mass is 9.76. The second-order valence-corrected chi connectivity index (χ2v) is 14.7. The summed E-state index contributed by atoms with van der Waals surface area (Å²) in [6, 6.07) is -2.00. The topological polar surface area (TPSA) is 263 Å². The lowest BCUT2D eigenvalue weighted by Gasteiger charge is -2.49. The minimum atomic E-state index is -1.45. The Morgan fingerprint density at radius 2 is 1.14 bits per heavy atom. The van der Waals surface area contributed by atoms with Crippen LogP contribution in [0, 0.1) is 11.8 Å². The van der Waals surface area contributed by atoms with E-state index in [2.05, 4.69) is 10.6 Å². The van der Waals surface area contributed by atoms with Gasteiger partial charge in [-0.3, -0.25) is 9.59 Å². The molecule has 14 atom stereocenters. The molecular formula is C34H60N2O15. The summed E-state index contributed by atoms with van der Waals surface area (Å²) in [6.45, 7) is 8.08. The third kappa shape index (κ3) is 10.6. The number of aliphatic hydroxyl groups is 7. The van der Waals surface area contributed by atoms with Crippen LogP contribution in [0.15, 0.2) is 0 Å². The van der Waals surface area contributed by atoms with Crippen molar-refractivity contribution in [2.45, 2.75) is 152 Å². The number of ether oxygens (including phenoxy) is 5. The number of aliphatic hydroxyl groups excluding tert-OH is 7. The SMILES string of the molecule is CCC(CC)(C[C@@H]1C(CO)O[C@@H](COC(C)(C)CC2C(O)[C@@H](C=O)O[C@@H]2CO)C(NC(C)=O)C1O)OC[C@@H]1OC(CO)[C@@H](O)C(O)C1NC(C)=O. The summed E-state index contributed by atoms with van der Waals surface area (Å²) >= 11 is 0. The predicted molar refractivity (Wildman–Crippen MR) is 178 cm³/mol. The van der Waals surface area contributed by atoms with Gasteiger partial charge in [-0.25, -0.2) is 0 Å². The van der Waals surface area contributed by atoms with E-state index >= 15 is 0 Å². The Morgan fingerprint density at radius 1 is 0.667 bits per heavy atom. The summed E-state index contributed by atoms with van der Waals surface area (Å²) in [5.74, 6) is -2.25. The standard InChI is InChI=1S/C34H60N2O15/c1-7-34(8-2,48-16-26-28(36-18(4)42)32(46)31(45)24(14-40)51-26)10-20-22(12-38)50-25(27(30(20)44)35-17(3)41)15-47-33(5,6)9-19-21(11-37)49-23(13-39)29(19)43/h13,19-32,37-38,40,43-46H,7-12,14-16H2,1-6H3,(H,35,41)(H,36,42)/t19?,20-,21-,22?,23-,24?,25+,26+,27?,28?,29?,30?,31-,32?/m1/s1. The maximum atomic E-state index is 12.4. The van der Waals surface area contributed by atoms with E-state index in [1.54, 1.807) is 13.8 Å². The average molecular weight is 737 g/mol. The first-order valence-corrected chi connectivity index (χ1v) is 17.8. The van der Waals surface area contributed by atoms with Crippen LogP contribution in [-0.4, -0.2) is 171 Å². The van der Waals surface area contributed by atoms with Crippen LogP contribution in [0.2, 0.25) is 0 Å². The minimum absolute atomic E-state index is 0.129. The molecule has 0 aromatic heterocycles. The molecule has 0 aliphatic carbocycles. The van der Waals surface area contributed by atoms with Crippen molar-refractivity contribution in [2.75, 3.05) is 33.0 Å². The van der Waals surface area contributed by atoms with Gasteiger partial charge in [0.05, 0.1) is 80.7 Å². The van der Waals surface area contributed by atoms with Crippen LogP contribution in [-0.2, 0) is 38.1 Å². The number of carbonyl (C=O) groups is 3. The molecule has 0 bridgehead atoms. The lowest BCUT2D eigenvalue weighted by molar-refractivity contribution is -0.227. The van der Waals surface area contributed by atoms with Crippen LogP contribution in [0.1, 0.15) is 67.2 Å². The smallest absolute Gasteiger partial charge is 0.217 e. The molecule has 3 rings (SSSR count).